The molecule has 8 N–H and O–H groups in total. The predicted molar refractivity (Wildman–Crippen MR) is 339 cm³/mol. The lowest BCUT2D eigenvalue weighted by molar-refractivity contribution is -0.163. The summed E-state index contributed by atoms with van der Waals surface area (Å²) < 4.78 is 0. The first-order valence-electron chi connectivity index (χ1n) is 33.0. The second kappa shape index (κ2) is 34.3. The van der Waals surface area contributed by atoms with Crippen molar-refractivity contribution in [1.82, 2.24) is 60.3 Å². The molecule has 0 aliphatic carbocycles. The standard InChI is InChI=1S/C61H105N17O8S/c1-7-42(3)52-56(84)77(39-49(80)71(52)5)45(23-16-19-27-62)54(82)64-29-21-14-12-10-9-11-13-15-26-48(79)73-31-35-75(36-32-73)59-68-58(65-30-22-18-25-47-51-44(41-87-47)66-61(86)67-51)69-60(70-59)76-37-33-74(34-38-76)55(83)46(24-17-20-28-63)78-40-50(81)72(6)53(57(78)85)43(4)8-2/h42-47,51-53H,7-41,62-63H2,1-6H3,(H,64,82)(H2,66,67,86)(H,65,68,69,70)/t42-,43-,44-,45-,46-,47-,51-,52-,53-/m0/s1. The number of nitrogens with zero attached hydrogens (tertiary/aromatic N) is 11. The molecule has 6 saturated heterocycles. The molecule has 9 atom stereocenters. The third-order valence-electron chi connectivity index (χ3n) is 19.0. The molecule has 87 heavy (non-hydrogen) atoms. The highest BCUT2D eigenvalue weighted by molar-refractivity contribution is 8.00. The Bertz CT molecular complexity index is 2450. The van der Waals surface area contributed by atoms with Crippen molar-refractivity contribution in [3.05, 3.63) is 0 Å². The number of nitrogens with two attached hydrogens (primary N) is 2. The third kappa shape index (κ3) is 18.4. The van der Waals surface area contributed by atoms with Gasteiger partial charge in [0.05, 0.1) is 12.1 Å². The van der Waals surface area contributed by atoms with Crippen LogP contribution >= 0.6 is 11.8 Å². The van der Waals surface area contributed by atoms with Crippen molar-refractivity contribution >= 4 is 77.0 Å². The number of hydrogen-bond acceptors (Lipinski definition) is 17. The predicted octanol–water partition coefficient (Wildman–Crippen LogP) is 2.97. The average molecular weight is 1240 g/mol. The molecule has 6 aliphatic rings. The zero-order valence-electron chi connectivity index (χ0n) is 53.2. The van der Waals surface area contributed by atoms with Crippen molar-refractivity contribution < 1.29 is 38.4 Å². The van der Waals surface area contributed by atoms with Crippen molar-refractivity contribution in [3.8, 4) is 0 Å². The number of carbonyl (C=O) groups is 8. The second-order valence-corrected chi connectivity index (χ2v) is 26.3. The van der Waals surface area contributed by atoms with Crippen molar-refractivity contribution in [1.29, 1.82) is 0 Å². The van der Waals surface area contributed by atoms with Crippen molar-refractivity contribution in [2.45, 2.75) is 198 Å². The summed E-state index contributed by atoms with van der Waals surface area (Å²) in [6.07, 6.45) is 16.4. The Morgan fingerprint density at radius 2 is 1.11 bits per heavy atom. The molecule has 7 heterocycles. The highest BCUT2D eigenvalue weighted by Crippen LogP contribution is 2.34. The minimum atomic E-state index is -0.768. The summed E-state index contributed by atoms with van der Waals surface area (Å²) in [7, 11) is 3.36. The highest BCUT2D eigenvalue weighted by atomic mass is 32.2. The average Bonchev–Trinajstić information content (AvgIpc) is 2.30. The molecule has 1 aromatic heterocycles. The minimum absolute atomic E-state index is 0.0190. The summed E-state index contributed by atoms with van der Waals surface area (Å²) in [6, 6.07) is -2.39. The van der Waals surface area contributed by atoms with Gasteiger partial charge in [-0.1, -0.05) is 85.5 Å². The smallest absolute Gasteiger partial charge is 0.315 e. The molecule has 9 amide bonds. The number of rotatable bonds is 35. The number of urea groups is 1. The minimum Gasteiger partial charge on any atom is -0.354 e. The molecule has 488 valence electrons. The topological polar surface area (TPSA) is 301 Å². The van der Waals surface area contributed by atoms with Crippen LogP contribution < -0.4 is 42.5 Å². The Labute approximate surface area is 521 Å². The van der Waals surface area contributed by atoms with Gasteiger partial charge in [0.25, 0.3) is 0 Å². The van der Waals surface area contributed by atoms with E-state index in [0.717, 1.165) is 95.6 Å². The number of fused-ring (bicyclic) bond motifs is 1. The van der Waals surface area contributed by atoms with E-state index in [1.807, 2.05) is 44.4 Å². The number of carbonyl (C=O) groups excluding carboxylic acids is 8. The van der Waals surface area contributed by atoms with Gasteiger partial charge in [-0.2, -0.15) is 26.7 Å². The maximum atomic E-state index is 14.5. The van der Waals surface area contributed by atoms with E-state index in [2.05, 4.69) is 31.1 Å². The van der Waals surface area contributed by atoms with Crippen LogP contribution in [0.25, 0.3) is 0 Å². The number of nitrogens with one attached hydrogen (secondary N) is 4. The van der Waals surface area contributed by atoms with E-state index in [-0.39, 0.29) is 84.4 Å². The first-order chi connectivity index (χ1) is 42.0. The lowest BCUT2D eigenvalue weighted by atomic mass is 9.93. The monoisotopic (exact) mass is 1240 g/mol. The van der Waals surface area contributed by atoms with Crippen LogP contribution in [0.2, 0.25) is 0 Å². The van der Waals surface area contributed by atoms with E-state index in [1.165, 1.54) is 9.80 Å². The molecule has 26 heteroatoms. The number of amides is 9. The van der Waals surface area contributed by atoms with Crippen LogP contribution in [-0.4, -0.2) is 245 Å². The molecule has 0 aromatic carbocycles. The molecular formula is C61H105N17O8S. The lowest BCUT2D eigenvalue weighted by Crippen LogP contribution is -2.65. The first-order valence-corrected chi connectivity index (χ1v) is 34.1. The van der Waals surface area contributed by atoms with Gasteiger partial charge in [0.2, 0.25) is 59.2 Å². The van der Waals surface area contributed by atoms with Crippen LogP contribution in [0, 0.1) is 11.8 Å². The maximum Gasteiger partial charge on any atom is 0.315 e. The Morgan fingerprint density at radius 3 is 1.67 bits per heavy atom. The van der Waals surface area contributed by atoms with E-state index in [0.29, 0.717) is 140 Å². The summed E-state index contributed by atoms with van der Waals surface area (Å²) in [5, 5.41) is 13.0. The second-order valence-electron chi connectivity index (χ2n) is 25.1. The zero-order chi connectivity index (χ0) is 62.6. The molecule has 0 unspecified atom stereocenters. The summed E-state index contributed by atoms with van der Waals surface area (Å²) in [5.74, 6) is 1.46. The number of piperazine rings is 4. The van der Waals surface area contributed by atoms with Crippen LogP contribution in [0.4, 0.5) is 22.6 Å². The van der Waals surface area contributed by atoms with Crippen LogP contribution in [0.1, 0.15) is 156 Å². The van der Waals surface area contributed by atoms with Gasteiger partial charge in [-0.05, 0) is 89.1 Å². The fourth-order valence-corrected chi connectivity index (χ4v) is 14.7. The van der Waals surface area contributed by atoms with Gasteiger partial charge in [0.1, 0.15) is 37.3 Å². The van der Waals surface area contributed by atoms with Crippen LogP contribution in [0.3, 0.4) is 0 Å². The molecule has 0 radical (unpaired) electrons. The van der Waals surface area contributed by atoms with Gasteiger partial charge in [-0.15, -0.1) is 0 Å². The van der Waals surface area contributed by atoms with Crippen LogP contribution in [-0.2, 0) is 33.6 Å². The van der Waals surface area contributed by atoms with Crippen molar-refractivity contribution in [2.24, 2.45) is 23.3 Å². The number of unbranched alkanes of at least 4 members (excludes halogenated alkanes) is 10. The van der Waals surface area contributed by atoms with E-state index >= 15 is 0 Å². The Balaban J connectivity index is 0.857. The summed E-state index contributed by atoms with van der Waals surface area (Å²) >= 11 is 1.91. The highest BCUT2D eigenvalue weighted by Gasteiger charge is 2.47. The summed E-state index contributed by atoms with van der Waals surface area (Å²) in [4.78, 5) is 137. The molecular weight excluding hydrogens is 1130 g/mol. The molecule has 0 bridgehead atoms. The lowest BCUT2D eigenvalue weighted by Gasteiger charge is -2.45. The van der Waals surface area contributed by atoms with E-state index < -0.39 is 24.2 Å². The van der Waals surface area contributed by atoms with E-state index in [4.69, 9.17) is 26.4 Å². The van der Waals surface area contributed by atoms with E-state index in [9.17, 15) is 38.4 Å². The molecule has 25 nitrogen and oxygen atoms in total. The first kappa shape index (κ1) is 68.7. The van der Waals surface area contributed by atoms with Crippen LogP contribution in [0.15, 0.2) is 0 Å². The van der Waals surface area contributed by atoms with Gasteiger partial charge in [0.15, 0.2) is 0 Å². The van der Waals surface area contributed by atoms with Gasteiger partial charge < -0.3 is 71.9 Å². The number of aromatic nitrogens is 3. The fourth-order valence-electron chi connectivity index (χ4n) is 13.2. The van der Waals surface area contributed by atoms with Crippen molar-refractivity contribution in [3.63, 3.8) is 0 Å². The molecule has 6 aliphatic heterocycles. The molecule has 6 fully saturated rings. The normalized spacial score (nSPS) is 23.2. The Hall–Kier alpha value is -5.76. The van der Waals surface area contributed by atoms with Gasteiger partial charge in [0, 0.05) is 97.0 Å². The third-order valence-corrected chi connectivity index (χ3v) is 20.5. The van der Waals surface area contributed by atoms with Crippen molar-refractivity contribution in [2.75, 3.05) is 127 Å². The number of hydrogen-bond donors (Lipinski definition) is 6. The molecule has 0 spiro atoms. The Kier molecular flexibility index (Phi) is 27.1. The van der Waals surface area contributed by atoms with Crippen LogP contribution in [0.5, 0.6) is 0 Å². The summed E-state index contributed by atoms with van der Waals surface area (Å²) in [5.41, 5.74) is 11.6. The fraction of sp³-hybridized carbons (Fsp3) is 0.820. The summed E-state index contributed by atoms with van der Waals surface area (Å²) in [6.45, 7) is 13.8. The number of anilines is 3. The zero-order valence-corrected chi connectivity index (χ0v) is 54.0. The van der Waals surface area contributed by atoms with Gasteiger partial charge >= 0.3 is 6.03 Å². The number of thioether (sulfide) groups is 1. The van der Waals surface area contributed by atoms with E-state index in [1.54, 1.807) is 28.8 Å². The quantitative estimate of drug-likeness (QED) is 0.0421. The maximum absolute atomic E-state index is 14.5. The molecule has 0 saturated carbocycles. The van der Waals surface area contributed by atoms with Gasteiger partial charge in [-0.25, -0.2) is 4.79 Å². The largest absolute Gasteiger partial charge is 0.354 e. The SMILES string of the molecule is CC[C@H](C)[C@H]1C(=O)N([C@@H](CCCCN)C(=O)NCCCCCCCCCCC(=O)N2CCN(c3nc(NCCCC[C@@H]4SC[C@@H]5NC(=O)N[C@@H]54)nc(N4CCN(C(=O)[C@H](CCCCN)N5CC(=O)N(C)[C@@H]([C@@H](C)CC)C5=O)CC4)n3)CC2)CC(=O)N1C. The molecule has 1 aromatic rings. The van der Waals surface area contributed by atoms with Gasteiger partial charge in [-0.3, -0.25) is 33.6 Å². The molecule has 7 rings (SSSR count). The Morgan fingerprint density at radius 1 is 0.609 bits per heavy atom. The number of likely N-dealkylation sites (N-methyl/N-ethyl adjacent to an activating group) is 2.